The zero-order valence-electron chi connectivity index (χ0n) is 16.1. The molecule has 1 N–H and O–H groups in total. The van der Waals surface area contributed by atoms with Gasteiger partial charge in [-0.05, 0) is 31.0 Å². The second-order valence-corrected chi connectivity index (χ2v) is 7.87. The summed E-state index contributed by atoms with van der Waals surface area (Å²) in [5, 5.41) is 7.17. The van der Waals surface area contributed by atoms with E-state index in [9.17, 15) is 0 Å². The maximum absolute atomic E-state index is 6.04. The molecular formula is C20H29N5O2. The first kappa shape index (κ1) is 18.4. The van der Waals surface area contributed by atoms with Gasteiger partial charge < -0.3 is 9.47 Å². The van der Waals surface area contributed by atoms with E-state index in [2.05, 4.69) is 37.1 Å². The Morgan fingerprint density at radius 2 is 2.07 bits per heavy atom. The molecule has 0 radical (unpaired) electrons. The van der Waals surface area contributed by atoms with Gasteiger partial charge in [0.05, 0.1) is 20.3 Å². The van der Waals surface area contributed by atoms with Crippen LogP contribution in [0.15, 0.2) is 30.6 Å². The maximum Gasteiger partial charge on any atom is 0.212 e. The summed E-state index contributed by atoms with van der Waals surface area (Å²) in [6, 6.07) is 6.11. The molecule has 2 aliphatic rings. The average molecular weight is 371 g/mol. The first-order valence-corrected chi connectivity index (χ1v) is 9.74. The molecule has 1 spiro atoms. The molecule has 2 fully saturated rings. The molecule has 2 aromatic heterocycles. The highest BCUT2D eigenvalue weighted by Gasteiger charge is 2.38. The summed E-state index contributed by atoms with van der Waals surface area (Å²) in [6.07, 6.45) is 6.19. The lowest BCUT2D eigenvalue weighted by Gasteiger charge is -2.43. The van der Waals surface area contributed by atoms with Gasteiger partial charge in [0.15, 0.2) is 0 Å². The van der Waals surface area contributed by atoms with Crippen molar-refractivity contribution in [3.05, 3.63) is 41.9 Å². The van der Waals surface area contributed by atoms with Crippen LogP contribution in [-0.4, -0.2) is 71.5 Å². The summed E-state index contributed by atoms with van der Waals surface area (Å²) >= 11 is 0. The Hall–Kier alpha value is -1.96. The number of H-pyrrole nitrogens is 1. The molecule has 1 unspecified atom stereocenters. The first-order chi connectivity index (χ1) is 13.2. The normalized spacial score (nSPS) is 24.8. The van der Waals surface area contributed by atoms with Gasteiger partial charge in [-0.15, -0.1) is 0 Å². The van der Waals surface area contributed by atoms with Gasteiger partial charge in [0.25, 0.3) is 0 Å². The number of rotatable bonds is 5. The van der Waals surface area contributed by atoms with Crippen LogP contribution in [-0.2, 0) is 17.8 Å². The molecule has 27 heavy (non-hydrogen) atoms. The van der Waals surface area contributed by atoms with Crippen LogP contribution < -0.4 is 4.74 Å². The standard InChI is InChI=1S/C20H29N5O2/c1-26-19-4-3-17(11-21-19)12-24-8-2-6-20(14-24)15-25(9-10-27-16-20)13-18-5-7-22-23-18/h3-5,7,11H,2,6,8-10,12-16H2,1H3,(H,22,23). The van der Waals surface area contributed by atoms with E-state index in [1.54, 1.807) is 7.11 Å². The van der Waals surface area contributed by atoms with Gasteiger partial charge >= 0.3 is 0 Å². The Bertz CT molecular complexity index is 706. The molecule has 4 heterocycles. The van der Waals surface area contributed by atoms with Gasteiger partial charge in [0, 0.05) is 62.3 Å². The largest absolute Gasteiger partial charge is 0.481 e. The minimum atomic E-state index is 0.203. The molecule has 0 amide bonds. The SMILES string of the molecule is COc1ccc(CN2CCCC3(COCCN(Cc4ccn[nH]4)C3)C2)cn1. The molecule has 7 nitrogen and oxygen atoms in total. The highest BCUT2D eigenvalue weighted by Crippen LogP contribution is 2.34. The van der Waals surface area contributed by atoms with Crippen LogP contribution in [0.2, 0.25) is 0 Å². The molecule has 0 saturated carbocycles. The summed E-state index contributed by atoms with van der Waals surface area (Å²) in [5.74, 6) is 0.667. The highest BCUT2D eigenvalue weighted by molar-refractivity contribution is 5.17. The number of aromatic amines is 1. The fourth-order valence-electron chi connectivity index (χ4n) is 4.41. The third kappa shape index (κ3) is 4.66. The van der Waals surface area contributed by atoms with Crippen molar-refractivity contribution < 1.29 is 9.47 Å². The summed E-state index contributed by atoms with van der Waals surface area (Å²) in [7, 11) is 1.65. The van der Waals surface area contributed by atoms with Gasteiger partial charge in [-0.3, -0.25) is 14.9 Å². The van der Waals surface area contributed by atoms with Crippen molar-refractivity contribution >= 4 is 0 Å². The van der Waals surface area contributed by atoms with Gasteiger partial charge in [-0.2, -0.15) is 5.10 Å². The quantitative estimate of drug-likeness (QED) is 0.866. The number of nitrogens with zero attached hydrogens (tertiary/aromatic N) is 4. The number of hydrogen-bond acceptors (Lipinski definition) is 6. The van der Waals surface area contributed by atoms with Gasteiger partial charge in [-0.1, -0.05) is 6.07 Å². The second kappa shape index (κ2) is 8.37. The predicted molar refractivity (Wildman–Crippen MR) is 102 cm³/mol. The molecule has 0 aromatic carbocycles. The Morgan fingerprint density at radius 1 is 1.19 bits per heavy atom. The Labute approximate surface area is 160 Å². The Kier molecular flexibility index (Phi) is 5.71. The molecule has 2 aromatic rings. The van der Waals surface area contributed by atoms with Crippen molar-refractivity contribution in [1.29, 1.82) is 0 Å². The molecule has 2 saturated heterocycles. The van der Waals surface area contributed by atoms with E-state index in [4.69, 9.17) is 9.47 Å². The lowest BCUT2D eigenvalue weighted by atomic mass is 9.80. The number of ether oxygens (including phenoxy) is 2. The smallest absolute Gasteiger partial charge is 0.212 e. The van der Waals surface area contributed by atoms with Crippen molar-refractivity contribution in [2.45, 2.75) is 25.9 Å². The number of aromatic nitrogens is 3. The zero-order valence-corrected chi connectivity index (χ0v) is 16.1. The molecular weight excluding hydrogens is 342 g/mol. The lowest BCUT2D eigenvalue weighted by molar-refractivity contribution is 0.00238. The van der Waals surface area contributed by atoms with Crippen LogP contribution in [0, 0.1) is 5.41 Å². The fourth-order valence-corrected chi connectivity index (χ4v) is 4.41. The van der Waals surface area contributed by atoms with Crippen molar-refractivity contribution in [2.24, 2.45) is 5.41 Å². The third-order valence-corrected chi connectivity index (χ3v) is 5.62. The number of methoxy groups -OCH3 is 1. The molecule has 7 heteroatoms. The number of hydrogen-bond donors (Lipinski definition) is 1. The average Bonchev–Trinajstić information content (AvgIpc) is 3.12. The minimum absolute atomic E-state index is 0.203. The van der Waals surface area contributed by atoms with E-state index in [1.807, 2.05) is 18.5 Å². The summed E-state index contributed by atoms with van der Waals surface area (Å²) in [4.78, 5) is 9.41. The van der Waals surface area contributed by atoms with E-state index in [0.29, 0.717) is 5.88 Å². The van der Waals surface area contributed by atoms with E-state index in [-0.39, 0.29) is 5.41 Å². The monoisotopic (exact) mass is 371 g/mol. The molecule has 0 aliphatic carbocycles. The van der Waals surface area contributed by atoms with E-state index in [0.717, 1.165) is 52.5 Å². The maximum atomic E-state index is 6.04. The van der Waals surface area contributed by atoms with Crippen LogP contribution in [0.4, 0.5) is 0 Å². The van der Waals surface area contributed by atoms with E-state index < -0.39 is 0 Å². The van der Waals surface area contributed by atoms with Crippen LogP contribution in [0.5, 0.6) is 5.88 Å². The first-order valence-electron chi connectivity index (χ1n) is 9.74. The molecule has 1 atom stereocenters. The van der Waals surface area contributed by atoms with E-state index >= 15 is 0 Å². The van der Waals surface area contributed by atoms with Crippen molar-refractivity contribution in [2.75, 3.05) is 46.5 Å². The zero-order chi connectivity index (χ0) is 18.5. The number of pyridine rings is 1. The predicted octanol–water partition coefficient (Wildman–Crippen LogP) is 1.93. The van der Waals surface area contributed by atoms with Gasteiger partial charge in [-0.25, -0.2) is 4.98 Å². The molecule has 2 aliphatic heterocycles. The number of likely N-dealkylation sites (tertiary alicyclic amines) is 1. The molecule has 4 rings (SSSR count). The van der Waals surface area contributed by atoms with Crippen molar-refractivity contribution in [1.82, 2.24) is 25.0 Å². The summed E-state index contributed by atoms with van der Waals surface area (Å²) < 4.78 is 11.2. The van der Waals surface area contributed by atoms with E-state index in [1.165, 1.54) is 24.1 Å². The number of nitrogens with one attached hydrogen (secondary N) is 1. The summed E-state index contributed by atoms with van der Waals surface area (Å²) in [5.41, 5.74) is 2.61. The number of piperidine rings is 1. The Balaban J connectivity index is 1.41. The van der Waals surface area contributed by atoms with Crippen molar-refractivity contribution in [3.63, 3.8) is 0 Å². The topological polar surface area (TPSA) is 66.5 Å². The van der Waals surface area contributed by atoms with Crippen LogP contribution >= 0.6 is 0 Å². The minimum Gasteiger partial charge on any atom is -0.481 e. The van der Waals surface area contributed by atoms with Crippen LogP contribution in [0.3, 0.4) is 0 Å². The highest BCUT2D eigenvalue weighted by atomic mass is 16.5. The Morgan fingerprint density at radius 3 is 2.81 bits per heavy atom. The van der Waals surface area contributed by atoms with Crippen molar-refractivity contribution in [3.8, 4) is 5.88 Å². The molecule has 0 bridgehead atoms. The summed E-state index contributed by atoms with van der Waals surface area (Å²) in [6.45, 7) is 7.74. The molecule has 146 valence electrons. The lowest BCUT2D eigenvalue weighted by Crippen LogP contribution is -2.50. The second-order valence-electron chi connectivity index (χ2n) is 7.87. The van der Waals surface area contributed by atoms with Crippen LogP contribution in [0.25, 0.3) is 0 Å². The third-order valence-electron chi connectivity index (χ3n) is 5.62. The fraction of sp³-hybridized carbons (Fsp3) is 0.600. The van der Waals surface area contributed by atoms with Gasteiger partial charge in [0.2, 0.25) is 5.88 Å². The van der Waals surface area contributed by atoms with Crippen LogP contribution in [0.1, 0.15) is 24.1 Å². The van der Waals surface area contributed by atoms with Gasteiger partial charge in [0.1, 0.15) is 0 Å².